The highest BCUT2D eigenvalue weighted by molar-refractivity contribution is 6.17. The number of hydrogen-bond donors (Lipinski definition) is 1. The molecule has 0 bridgehead atoms. The summed E-state index contributed by atoms with van der Waals surface area (Å²) in [5.41, 5.74) is 1.09. The van der Waals surface area contributed by atoms with E-state index in [0.717, 1.165) is 18.4 Å². The lowest BCUT2D eigenvalue weighted by molar-refractivity contribution is -0.124. The van der Waals surface area contributed by atoms with E-state index in [9.17, 15) is 4.79 Å². The van der Waals surface area contributed by atoms with Gasteiger partial charge in [-0.3, -0.25) is 4.79 Å². The van der Waals surface area contributed by atoms with E-state index in [2.05, 4.69) is 26.1 Å². The molecule has 2 unspecified atom stereocenters. The summed E-state index contributed by atoms with van der Waals surface area (Å²) in [5, 5.41) is 3.18. The Kier molecular flexibility index (Phi) is 6.54. The Labute approximate surface area is 127 Å². The maximum Gasteiger partial charge on any atom is 0.227 e. The SMILES string of the molecule is CCC(C(=O)NC(CCCl)C(C)(C)C)c1ccccc1. The Morgan fingerprint density at radius 1 is 1.25 bits per heavy atom. The average molecular weight is 296 g/mol. The summed E-state index contributed by atoms with van der Waals surface area (Å²) in [7, 11) is 0. The van der Waals surface area contributed by atoms with Gasteiger partial charge in [0.25, 0.3) is 0 Å². The van der Waals surface area contributed by atoms with Crippen LogP contribution in [0.5, 0.6) is 0 Å². The van der Waals surface area contributed by atoms with E-state index in [0.29, 0.717) is 5.88 Å². The molecule has 1 amide bonds. The molecule has 1 aromatic carbocycles. The van der Waals surface area contributed by atoms with Gasteiger partial charge in [-0.05, 0) is 23.8 Å². The number of nitrogens with one attached hydrogen (secondary N) is 1. The Morgan fingerprint density at radius 2 is 1.85 bits per heavy atom. The number of carbonyl (C=O) groups excluding carboxylic acids is 1. The van der Waals surface area contributed by atoms with E-state index in [1.54, 1.807) is 0 Å². The highest BCUT2D eigenvalue weighted by Crippen LogP contribution is 2.25. The van der Waals surface area contributed by atoms with Gasteiger partial charge < -0.3 is 5.32 Å². The Bertz CT molecular complexity index is 411. The fourth-order valence-corrected chi connectivity index (χ4v) is 2.58. The molecular weight excluding hydrogens is 270 g/mol. The minimum absolute atomic E-state index is 0.0134. The van der Waals surface area contributed by atoms with Gasteiger partial charge in [-0.15, -0.1) is 11.6 Å². The van der Waals surface area contributed by atoms with Gasteiger partial charge >= 0.3 is 0 Å². The summed E-state index contributed by atoms with van der Waals surface area (Å²) >= 11 is 5.86. The maximum atomic E-state index is 12.6. The van der Waals surface area contributed by atoms with Crippen molar-refractivity contribution >= 4 is 17.5 Å². The molecule has 20 heavy (non-hydrogen) atoms. The second-order valence-electron chi connectivity index (χ2n) is 6.28. The molecule has 0 saturated carbocycles. The van der Waals surface area contributed by atoms with Gasteiger partial charge in [-0.25, -0.2) is 0 Å². The van der Waals surface area contributed by atoms with Crippen LogP contribution in [0.1, 0.15) is 52.0 Å². The van der Waals surface area contributed by atoms with Gasteiger partial charge in [-0.2, -0.15) is 0 Å². The molecule has 0 aliphatic carbocycles. The first kappa shape index (κ1) is 17.0. The van der Waals surface area contributed by atoms with Crippen molar-refractivity contribution in [3.63, 3.8) is 0 Å². The van der Waals surface area contributed by atoms with Crippen molar-refractivity contribution in [3.8, 4) is 0 Å². The Hall–Kier alpha value is -1.02. The predicted molar refractivity (Wildman–Crippen MR) is 86.2 cm³/mol. The van der Waals surface area contributed by atoms with Crippen molar-refractivity contribution in [2.24, 2.45) is 5.41 Å². The Morgan fingerprint density at radius 3 is 2.30 bits per heavy atom. The smallest absolute Gasteiger partial charge is 0.227 e. The Balaban J connectivity index is 2.81. The van der Waals surface area contributed by atoms with Crippen LogP contribution < -0.4 is 5.32 Å². The van der Waals surface area contributed by atoms with Gasteiger partial charge in [0.05, 0.1) is 5.92 Å². The molecule has 0 aliphatic heterocycles. The molecule has 112 valence electrons. The zero-order valence-corrected chi connectivity index (χ0v) is 13.7. The number of alkyl halides is 1. The van der Waals surface area contributed by atoms with Crippen LogP contribution in [-0.2, 0) is 4.79 Å². The van der Waals surface area contributed by atoms with Crippen LogP contribution >= 0.6 is 11.6 Å². The van der Waals surface area contributed by atoms with E-state index in [1.807, 2.05) is 37.3 Å². The predicted octanol–water partition coefficient (Wildman–Crippen LogP) is 4.34. The molecule has 0 fully saturated rings. The van der Waals surface area contributed by atoms with Crippen LogP contribution in [0.4, 0.5) is 0 Å². The molecule has 1 aromatic rings. The van der Waals surface area contributed by atoms with Crippen molar-refractivity contribution in [1.82, 2.24) is 5.32 Å². The molecule has 1 rings (SSSR count). The van der Waals surface area contributed by atoms with E-state index in [4.69, 9.17) is 11.6 Å². The molecule has 1 N–H and O–H groups in total. The number of hydrogen-bond acceptors (Lipinski definition) is 1. The number of halogens is 1. The van der Waals surface area contributed by atoms with Crippen LogP contribution in [0.15, 0.2) is 30.3 Å². The second-order valence-corrected chi connectivity index (χ2v) is 6.65. The van der Waals surface area contributed by atoms with Gasteiger partial charge in [0.1, 0.15) is 0 Å². The topological polar surface area (TPSA) is 29.1 Å². The van der Waals surface area contributed by atoms with Crippen molar-refractivity contribution in [2.75, 3.05) is 5.88 Å². The summed E-state index contributed by atoms with van der Waals surface area (Å²) in [5.74, 6) is 0.574. The molecule has 2 atom stereocenters. The van der Waals surface area contributed by atoms with Crippen LogP contribution in [0.3, 0.4) is 0 Å². The minimum Gasteiger partial charge on any atom is -0.352 e. The first-order valence-corrected chi connectivity index (χ1v) is 7.84. The summed E-state index contributed by atoms with van der Waals surface area (Å²) < 4.78 is 0. The number of amides is 1. The molecule has 3 heteroatoms. The van der Waals surface area contributed by atoms with Crippen molar-refractivity contribution in [3.05, 3.63) is 35.9 Å². The van der Waals surface area contributed by atoms with E-state index >= 15 is 0 Å². The van der Waals surface area contributed by atoms with Gasteiger partial charge in [0, 0.05) is 11.9 Å². The van der Waals surface area contributed by atoms with E-state index in [-0.39, 0.29) is 23.3 Å². The van der Waals surface area contributed by atoms with Crippen LogP contribution in [-0.4, -0.2) is 17.8 Å². The first-order chi connectivity index (χ1) is 9.40. The first-order valence-electron chi connectivity index (χ1n) is 7.31. The van der Waals surface area contributed by atoms with E-state index < -0.39 is 0 Å². The third-order valence-electron chi connectivity index (χ3n) is 3.69. The third kappa shape index (κ3) is 4.82. The van der Waals surface area contributed by atoms with E-state index in [1.165, 1.54) is 0 Å². The standard InChI is InChI=1S/C17H26ClNO/c1-5-14(13-9-7-6-8-10-13)16(20)19-15(11-12-18)17(2,3)4/h6-10,14-15H,5,11-12H2,1-4H3,(H,19,20). The van der Waals surface area contributed by atoms with Crippen LogP contribution in [0.25, 0.3) is 0 Å². The zero-order chi connectivity index (χ0) is 15.2. The van der Waals surface area contributed by atoms with Gasteiger partial charge in [-0.1, -0.05) is 58.0 Å². The maximum absolute atomic E-state index is 12.6. The molecule has 0 heterocycles. The quantitative estimate of drug-likeness (QED) is 0.777. The molecule has 0 spiro atoms. The summed E-state index contributed by atoms with van der Waals surface area (Å²) in [6.45, 7) is 8.45. The van der Waals surface area contributed by atoms with Crippen LogP contribution in [0.2, 0.25) is 0 Å². The number of carbonyl (C=O) groups is 1. The fourth-order valence-electron chi connectivity index (χ4n) is 2.36. The molecule has 2 nitrogen and oxygen atoms in total. The third-order valence-corrected chi connectivity index (χ3v) is 3.90. The molecule has 0 aliphatic rings. The molecular formula is C17H26ClNO. The largest absolute Gasteiger partial charge is 0.352 e. The van der Waals surface area contributed by atoms with Gasteiger partial charge in [0.15, 0.2) is 0 Å². The lowest BCUT2D eigenvalue weighted by atomic mass is 9.84. The summed E-state index contributed by atoms with van der Waals surface area (Å²) in [4.78, 5) is 12.6. The number of benzene rings is 1. The summed E-state index contributed by atoms with van der Waals surface area (Å²) in [6, 6.07) is 10.1. The second kappa shape index (κ2) is 7.68. The van der Waals surface area contributed by atoms with Gasteiger partial charge in [0.2, 0.25) is 5.91 Å². The monoisotopic (exact) mass is 295 g/mol. The summed E-state index contributed by atoms with van der Waals surface area (Å²) in [6.07, 6.45) is 1.59. The average Bonchev–Trinajstić information content (AvgIpc) is 2.39. The lowest BCUT2D eigenvalue weighted by Crippen LogP contribution is -2.45. The molecule has 0 radical (unpaired) electrons. The van der Waals surface area contributed by atoms with Crippen molar-refractivity contribution in [2.45, 2.75) is 52.5 Å². The van der Waals surface area contributed by atoms with Crippen LogP contribution in [0, 0.1) is 5.41 Å². The van der Waals surface area contributed by atoms with Crippen molar-refractivity contribution < 1.29 is 4.79 Å². The zero-order valence-electron chi connectivity index (χ0n) is 12.9. The lowest BCUT2D eigenvalue weighted by Gasteiger charge is -2.32. The number of rotatable bonds is 6. The van der Waals surface area contributed by atoms with Crippen molar-refractivity contribution in [1.29, 1.82) is 0 Å². The fraction of sp³-hybridized carbons (Fsp3) is 0.588. The highest BCUT2D eigenvalue weighted by atomic mass is 35.5. The molecule has 0 saturated heterocycles. The molecule has 0 aromatic heterocycles. The minimum atomic E-state index is -0.0867. The highest BCUT2D eigenvalue weighted by Gasteiger charge is 2.28. The normalized spacial score (nSPS) is 14.7.